The van der Waals surface area contributed by atoms with Gasteiger partial charge in [-0.25, -0.2) is 13.6 Å². The van der Waals surface area contributed by atoms with Gasteiger partial charge in [0.25, 0.3) is 0 Å². The largest absolute Gasteiger partial charge is 0.324 e. The van der Waals surface area contributed by atoms with Crippen LogP contribution in [0.1, 0.15) is 31.7 Å². The molecule has 0 heterocycles. The van der Waals surface area contributed by atoms with Gasteiger partial charge in [-0.3, -0.25) is 4.79 Å². The SMILES string of the molecule is CCCC[C@H](N)C(=O)Nc1cccc(S(N)(=O)=O)c1C. The van der Waals surface area contributed by atoms with Crippen LogP contribution in [0.2, 0.25) is 0 Å². The van der Waals surface area contributed by atoms with Crippen LogP contribution in [0.4, 0.5) is 5.69 Å². The molecule has 0 fully saturated rings. The molecule has 0 aliphatic rings. The Bertz CT molecular complexity index is 585. The first-order valence-electron chi connectivity index (χ1n) is 6.46. The van der Waals surface area contributed by atoms with Crippen molar-refractivity contribution >= 4 is 21.6 Å². The molecule has 6 nitrogen and oxygen atoms in total. The van der Waals surface area contributed by atoms with E-state index in [0.29, 0.717) is 17.7 Å². The second-order valence-corrected chi connectivity index (χ2v) is 6.24. The number of amides is 1. The minimum absolute atomic E-state index is 0.00238. The lowest BCUT2D eigenvalue weighted by Gasteiger charge is -2.14. The summed E-state index contributed by atoms with van der Waals surface area (Å²) in [5.41, 5.74) is 6.59. The molecule has 0 saturated heterocycles. The molecule has 0 spiro atoms. The molecule has 0 aliphatic carbocycles. The number of unbranched alkanes of at least 4 members (excludes halogenated alkanes) is 1. The van der Waals surface area contributed by atoms with E-state index in [4.69, 9.17) is 10.9 Å². The number of carbonyl (C=O) groups excluding carboxylic acids is 1. The third kappa shape index (κ3) is 4.29. The Balaban J connectivity index is 2.91. The minimum atomic E-state index is -3.81. The second kappa shape index (κ2) is 6.83. The second-order valence-electron chi connectivity index (χ2n) is 4.71. The van der Waals surface area contributed by atoms with Gasteiger partial charge in [-0.2, -0.15) is 0 Å². The Kier molecular flexibility index (Phi) is 5.67. The highest BCUT2D eigenvalue weighted by Gasteiger charge is 2.17. The van der Waals surface area contributed by atoms with E-state index in [1.165, 1.54) is 12.1 Å². The summed E-state index contributed by atoms with van der Waals surface area (Å²) in [6.07, 6.45) is 2.42. The van der Waals surface area contributed by atoms with E-state index in [1.807, 2.05) is 6.92 Å². The standard InChI is InChI=1S/C13H21N3O3S/c1-3-4-6-10(14)13(17)16-11-7-5-8-12(9(11)2)20(15,18)19/h5,7-8,10H,3-4,6,14H2,1-2H3,(H,16,17)(H2,15,18,19)/t10-/m0/s1. The number of hydrogen-bond acceptors (Lipinski definition) is 4. The first-order valence-corrected chi connectivity index (χ1v) is 8.00. The smallest absolute Gasteiger partial charge is 0.241 e. The highest BCUT2D eigenvalue weighted by molar-refractivity contribution is 7.89. The van der Waals surface area contributed by atoms with Crippen LogP contribution in [0.3, 0.4) is 0 Å². The van der Waals surface area contributed by atoms with E-state index in [1.54, 1.807) is 13.0 Å². The number of primary sulfonamides is 1. The monoisotopic (exact) mass is 299 g/mol. The van der Waals surface area contributed by atoms with Crippen molar-refractivity contribution in [3.63, 3.8) is 0 Å². The van der Waals surface area contributed by atoms with Crippen LogP contribution < -0.4 is 16.2 Å². The molecular formula is C13H21N3O3S. The number of nitrogens with two attached hydrogens (primary N) is 2. The molecule has 7 heteroatoms. The molecule has 0 radical (unpaired) electrons. The van der Waals surface area contributed by atoms with Gasteiger partial charge in [0.05, 0.1) is 10.9 Å². The Morgan fingerprint density at radius 3 is 2.60 bits per heavy atom. The summed E-state index contributed by atoms with van der Waals surface area (Å²) in [6.45, 7) is 3.61. The van der Waals surface area contributed by atoms with Gasteiger partial charge < -0.3 is 11.1 Å². The Morgan fingerprint density at radius 1 is 1.40 bits per heavy atom. The van der Waals surface area contributed by atoms with Gasteiger partial charge in [0.1, 0.15) is 0 Å². The average Bonchev–Trinajstić information content (AvgIpc) is 2.36. The molecule has 0 saturated carbocycles. The van der Waals surface area contributed by atoms with Crippen LogP contribution in [0, 0.1) is 6.92 Å². The van der Waals surface area contributed by atoms with Gasteiger partial charge in [0.15, 0.2) is 0 Å². The minimum Gasteiger partial charge on any atom is -0.324 e. The fraction of sp³-hybridized carbons (Fsp3) is 0.462. The predicted octanol–water partition coefficient (Wildman–Crippen LogP) is 1.10. The molecule has 1 atom stereocenters. The number of rotatable bonds is 6. The van der Waals surface area contributed by atoms with Crippen LogP contribution >= 0.6 is 0 Å². The maximum Gasteiger partial charge on any atom is 0.241 e. The van der Waals surface area contributed by atoms with Crippen molar-refractivity contribution in [3.8, 4) is 0 Å². The lowest BCUT2D eigenvalue weighted by molar-refractivity contribution is -0.117. The third-order valence-electron chi connectivity index (χ3n) is 3.05. The molecule has 20 heavy (non-hydrogen) atoms. The van der Waals surface area contributed by atoms with Crippen molar-refractivity contribution in [3.05, 3.63) is 23.8 Å². The summed E-state index contributed by atoms with van der Waals surface area (Å²) in [7, 11) is -3.81. The Hall–Kier alpha value is -1.44. The molecule has 0 aliphatic heterocycles. The number of hydrogen-bond donors (Lipinski definition) is 3. The lowest BCUT2D eigenvalue weighted by Crippen LogP contribution is -2.35. The zero-order valence-corrected chi connectivity index (χ0v) is 12.5. The van der Waals surface area contributed by atoms with E-state index >= 15 is 0 Å². The molecule has 0 bridgehead atoms. The van der Waals surface area contributed by atoms with Crippen molar-refractivity contribution in [2.75, 3.05) is 5.32 Å². The number of benzene rings is 1. The fourth-order valence-corrected chi connectivity index (χ4v) is 2.64. The zero-order chi connectivity index (χ0) is 15.3. The van der Waals surface area contributed by atoms with Gasteiger partial charge in [0, 0.05) is 5.69 Å². The van der Waals surface area contributed by atoms with Gasteiger partial charge in [-0.1, -0.05) is 25.8 Å². The van der Waals surface area contributed by atoms with E-state index in [2.05, 4.69) is 5.32 Å². The highest BCUT2D eigenvalue weighted by Crippen LogP contribution is 2.22. The van der Waals surface area contributed by atoms with Crippen molar-refractivity contribution in [2.24, 2.45) is 10.9 Å². The summed E-state index contributed by atoms with van der Waals surface area (Å²) in [6, 6.07) is 3.94. The quantitative estimate of drug-likeness (QED) is 0.729. The zero-order valence-electron chi connectivity index (χ0n) is 11.7. The van der Waals surface area contributed by atoms with Crippen molar-refractivity contribution in [2.45, 2.75) is 44.0 Å². The first kappa shape index (κ1) is 16.6. The van der Waals surface area contributed by atoms with Crippen LogP contribution in [0.15, 0.2) is 23.1 Å². The van der Waals surface area contributed by atoms with Crippen molar-refractivity contribution in [1.29, 1.82) is 0 Å². The van der Waals surface area contributed by atoms with Crippen LogP contribution in [0.5, 0.6) is 0 Å². The topological polar surface area (TPSA) is 115 Å². The average molecular weight is 299 g/mol. The number of nitrogens with one attached hydrogen (secondary N) is 1. The molecule has 1 aromatic carbocycles. The Labute approximate surface area is 119 Å². The highest BCUT2D eigenvalue weighted by atomic mass is 32.2. The molecule has 1 rings (SSSR count). The predicted molar refractivity (Wildman–Crippen MR) is 78.7 cm³/mol. The van der Waals surface area contributed by atoms with Crippen LogP contribution in [0.25, 0.3) is 0 Å². The van der Waals surface area contributed by atoms with Gasteiger partial charge in [-0.15, -0.1) is 0 Å². The van der Waals surface area contributed by atoms with E-state index in [9.17, 15) is 13.2 Å². The first-order chi connectivity index (χ1) is 9.27. The van der Waals surface area contributed by atoms with Crippen LogP contribution in [-0.2, 0) is 14.8 Å². The summed E-state index contributed by atoms with van der Waals surface area (Å²) >= 11 is 0. The molecule has 1 aromatic rings. The molecule has 1 amide bonds. The lowest BCUT2D eigenvalue weighted by atomic mass is 10.1. The fourth-order valence-electron chi connectivity index (χ4n) is 1.84. The maximum atomic E-state index is 11.9. The maximum absolute atomic E-state index is 11.9. The normalized spacial score (nSPS) is 13.0. The Morgan fingerprint density at radius 2 is 2.05 bits per heavy atom. The molecule has 5 N–H and O–H groups in total. The molecule has 0 aromatic heterocycles. The number of sulfonamides is 1. The van der Waals surface area contributed by atoms with Crippen molar-refractivity contribution < 1.29 is 13.2 Å². The molecule has 112 valence electrons. The number of carbonyl (C=O) groups is 1. The van der Waals surface area contributed by atoms with Gasteiger partial charge in [0.2, 0.25) is 15.9 Å². The summed E-state index contributed by atoms with van der Waals surface area (Å²) in [5.74, 6) is -0.326. The third-order valence-corrected chi connectivity index (χ3v) is 4.11. The van der Waals surface area contributed by atoms with Gasteiger partial charge >= 0.3 is 0 Å². The van der Waals surface area contributed by atoms with Crippen LogP contribution in [-0.4, -0.2) is 20.4 Å². The molecule has 0 unspecified atom stereocenters. The molecular weight excluding hydrogens is 278 g/mol. The summed E-state index contributed by atoms with van der Waals surface area (Å²) in [5, 5.41) is 7.77. The number of anilines is 1. The summed E-state index contributed by atoms with van der Waals surface area (Å²) in [4.78, 5) is 11.9. The van der Waals surface area contributed by atoms with E-state index in [0.717, 1.165) is 12.8 Å². The van der Waals surface area contributed by atoms with E-state index < -0.39 is 16.1 Å². The van der Waals surface area contributed by atoms with E-state index in [-0.39, 0.29) is 10.8 Å². The van der Waals surface area contributed by atoms with Crippen molar-refractivity contribution in [1.82, 2.24) is 0 Å². The van der Waals surface area contributed by atoms with Gasteiger partial charge in [-0.05, 0) is 31.0 Å². The summed E-state index contributed by atoms with van der Waals surface area (Å²) < 4.78 is 22.8.